The van der Waals surface area contributed by atoms with Gasteiger partial charge in [-0.1, -0.05) is 17.7 Å². The number of benzene rings is 2. The fraction of sp³-hybridized carbons (Fsp3) is 0.200. The maximum absolute atomic E-state index is 10.7. The van der Waals surface area contributed by atoms with Crippen LogP contribution < -0.4 is 4.74 Å². The molecule has 20 heavy (non-hydrogen) atoms. The average Bonchev–Trinajstić information content (AvgIpc) is 2.42. The number of rotatable bonds is 4. The van der Waals surface area contributed by atoms with Gasteiger partial charge in [-0.2, -0.15) is 0 Å². The average molecular weight is 273 g/mol. The summed E-state index contributed by atoms with van der Waals surface area (Å²) in [6, 6.07) is 9.93. The lowest BCUT2D eigenvalue weighted by atomic mass is 10.1. The van der Waals surface area contributed by atoms with Crippen LogP contribution in [0.25, 0.3) is 0 Å². The molecule has 0 heterocycles. The summed E-state index contributed by atoms with van der Waals surface area (Å²) >= 11 is 0. The van der Waals surface area contributed by atoms with Crippen LogP contribution >= 0.6 is 0 Å². The fourth-order valence-electron chi connectivity index (χ4n) is 1.93. The molecule has 0 saturated heterocycles. The van der Waals surface area contributed by atoms with Gasteiger partial charge in [0, 0.05) is 17.7 Å². The standard InChI is InChI=1S/C15H15NO4/c1-10-3-5-14(11(2)7-10)20-15-6-4-13(16(18)19)8-12(15)9-17/h3-8,17H,9H2,1-2H3. The lowest BCUT2D eigenvalue weighted by Crippen LogP contribution is -1.96. The highest BCUT2D eigenvalue weighted by Gasteiger charge is 2.12. The highest BCUT2D eigenvalue weighted by molar-refractivity contribution is 5.47. The molecule has 5 heteroatoms. The van der Waals surface area contributed by atoms with E-state index in [-0.39, 0.29) is 12.3 Å². The highest BCUT2D eigenvalue weighted by Crippen LogP contribution is 2.30. The summed E-state index contributed by atoms with van der Waals surface area (Å²) < 4.78 is 5.74. The van der Waals surface area contributed by atoms with Crippen molar-refractivity contribution in [3.8, 4) is 11.5 Å². The Bertz CT molecular complexity index is 652. The van der Waals surface area contributed by atoms with Crippen LogP contribution in [0, 0.1) is 24.0 Å². The van der Waals surface area contributed by atoms with Crippen LogP contribution in [-0.2, 0) is 6.61 Å². The molecule has 0 bridgehead atoms. The molecule has 2 aromatic carbocycles. The van der Waals surface area contributed by atoms with E-state index in [4.69, 9.17) is 4.74 Å². The van der Waals surface area contributed by atoms with Crippen LogP contribution in [0.1, 0.15) is 16.7 Å². The molecule has 0 aliphatic heterocycles. The van der Waals surface area contributed by atoms with E-state index in [2.05, 4.69) is 0 Å². The third-order valence-electron chi connectivity index (χ3n) is 2.98. The third-order valence-corrected chi connectivity index (χ3v) is 2.98. The minimum Gasteiger partial charge on any atom is -0.457 e. The Kier molecular flexibility index (Phi) is 4.00. The fourth-order valence-corrected chi connectivity index (χ4v) is 1.93. The largest absolute Gasteiger partial charge is 0.457 e. The first-order chi connectivity index (χ1) is 9.51. The SMILES string of the molecule is Cc1ccc(Oc2ccc([N+](=O)[O-])cc2CO)c(C)c1. The number of nitrogens with zero attached hydrogens (tertiary/aromatic N) is 1. The maximum Gasteiger partial charge on any atom is 0.270 e. The van der Waals surface area contributed by atoms with Gasteiger partial charge in [0.25, 0.3) is 5.69 Å². The van der Waals surface area contributed by atoms with Crippen LogP contribution in [-0.4, -0.2) is 10.0 Å². The Hall–Kier alpha value is -2.40. The minimum absolute atomic E-state index is 0.0676. The predicted molar refractivity (Wildman–Crippen MR) is 75.0 cm³/mol. The summed E-state index contributed by atoms with van der Waals surface area (Å²) in [5, 5.41) is 20.0. The molecule has 2 aromatic rings. The van der Waals surface area contributed by atoms with Crippen molar-refractivity contribution in [2.45, 2.75) is 20.5 Å². The molecule has 104 valence electrons. The Morgan fingerprint density at radius 3 is 2.45 bits per heavy atom. The van der Waals surface area contributed by atoms with Crippen molar-refractivity contribution < 1.29 is 14.8 Å². The molecule has 0 unspecified atom stereocenters. The number of nitro benzene ring substituents is 1. The zero-order valence-corrected chi connectivity index (χ0v) is 11.3. The van der Waals surface area contributed by atoms with E-state index in [1.54, 1.807) is 0 Å². The van der Waals surface area contributed by atoms with E-state index in [9.17, 15) is 15.2 Å². The van der Waals surface area contributed by atoms with Crippen LogP contribution in [0.2, 0.25) is 0 Å². The number of aliphatic hydroxyl groups excluding tert-OH is 1. The van der Waals surface area contributed by atoms with Gasteiger partial charge in [-0.3, -0.25) is 10.1 Å². The summed E-state index contributed by atoms with van der Waals surface area (Å²) in [5.41, 5.74) is 2.41. The van der Waals surface area contributed by atoms with Crippen LogP contribution in [0.5, 0.6) is 11.5 Å². The van der Waals surface area contributed by atoms with Gasteiger partial charge in [0.2, 0.25) is 0 Å². The Balaban J connectivity index is 2.35. The van der Waals surface area contributed by atoms with Crippen LogP contribution in [0.3, 0.4) is 0 Å². The Labute approximate surface area is 116 Å². The Morgan fingerprint density at radius 2 is 1.85 bits per heavy atom. The number of nitro groups is 1. The molecule has 0 aliphatic carbocycles. The summed E-state index contributed by atoms with van der Waals surface area (Å²) in [6.45, 7) is 3.59. The van der Waals surface area contributed by atoms with Crippen molar-refractivity contribution in [3.05, 3.63) is 63.2 Å². The third kappa shape index (κ3) is 2.95. The van der Waals surface area contributed by atoms with E-state index in [1.165, 1.54) is 18.2 Å². The van der Waals surface area contributed by atoms with Gasteiger partial charge in [0.15, 0.2) is 0 Å². The molecule has 0 fully saturated rings. The van der Waals surface area contributed by atoms with Crippen molar-refractivity contribution in [2.24, 2.45) is 0 Å². The van der Waals surface area contributed by atoms with Crippen molar-refractivity contribution in [3.63, 3.8) is 0 Å². The monoisotopic (exact) mass is 273 g/mol. The molecular formula is C15H15NO4. The number of aryl methyl sites for hydroxylation is 2. The van der Waals surface area contributed by atoms with Crippen LogP contribution in [0.15, 0.2) is 36.4 Å². The van der Waals surface area contributed by atoms with E-state index in [0.717, 1.165) is 11.1 Å². The smallest absolute Gasteiger partial charge is 0.270 e. The zero-order chi connectivity index (χ0) is 14.7. The van der Waals surface area contributed by atoms with Gasteiger partial charge in [-0.25, -0.2) is 0 Å². The van der Waals surface area contributed by atoms with Crippen molar-refractivity contribution in [2.75, 3.05) is 0 Å². The first-order valence-electron chi connectivity index (χ1n) is 6.14. The van der Waals surface area contributed by atoms with Crippen molar-refractivity contribution in [1.29, 1.82) is 0 Å². The van der Waals surface area contributed by atoms with Gasteiger partial charge in [0.05, 0.1) is 11.5 Å². The normalized spacial score (nSPS) is 10.3. The lowest BCUT2D eigenvalue weighted by Gasteiger charge is -2.12. The molecular weight excluding hydrogens is 258 g/mol. The minimum atomic E-state index is -0.500. The van der Waals surface area contributed by atoms with Gasteiger partial charge in [-0.15, -0.1) is 0 Å². The number of non-ortho nitro benzene ring substituents is 1. The van der Waals surface area contributed by atoms with Gasteiger partial charge in [-0.05, 0) is 31.5 Å². The van der Waals surface area contributed by atoms with Gasteiger partial charge >= 0.3 is 0 Å². The molecule has 0 atom stereocenters. The first-order valence-corrected chi connectivity index (χ1v) is 6.14. The molecule has 0 aliphatic rings. The van der Waals surface area contributed by atoms with Gasteiger partial charge in [0.1, 0.15) is 11.5 Å². The van der Waals surface area contributed by atoms with Crippen molar-refractivity contribution >= 4 is 5.69 Å². The molecule has 5 nitrogen and oxygen atoms in total. The summed E-state index contributed by atoms with van der Waals surface area (Å²) in [5.74, 6) is 1.09. The van der Waals surface area contributed by atoms with E-state index in [0.29, 0.717) is 17.1 Å². The number of aliphatic hydroxyl groups is 1. The molecule has 0 radical (unpaired) electrons. The summed E-state index contributed by atoms with van der Waals surface area (Å²) in [4.78, 5) is 10.2. The van der Waals surface area contributed by atoms with E-state index < -0.39 is 4.92 Å². The van der Waals surface area contributed by atoms with E-state index in [1.807, 2.05) is 32.0 Å². The van der Waals surface area contributed by atoms with Crippen LogP contribution in [0.4, 0.5) is 5.69 Å². The highest BCUT2D eigenvalue weighted by atomic mass is 16.6. The molecule has 0 amide bonds. The lowest BCUT2D eigenvalue weighted by molar-refractivity contribution is -0.385. The molecule has 0 aromatic heterocycles. The summed E-state index contributed by atoms with van der Waals surface area (Å²) in [6.07, 6.45) is 0. The predicted octanol–water partition coefficient (Wildman–Crippen LogP) is 3.50. The number of ether oxygens (including phenoxy) is 1. The maximum atomic E-state index is 10.7. The topological polar surface area (TPSA) is 72.6 Å². The van der Waals surface area contributed by atoms with E-state index >= 15 is 0 Å². The van der Waals surface area contributed by atoms with Gasteiger partial charge < -0.3 is 9.84 Å². The van der Waals surface area contributed by atoms with Crippen molar-refractivity contribution in [1.82, 2.24) is 0 Å². The number of hydrogen-bond donors (Lipinski definition) is 1. The second-order valence-electron chi connectivity index (χ2n) is 4.58. The Morgan fingerprint density at radius 1 is 1.15 bits per heavy atom. The quantitative estimate of drug-likeness (QED) is 0.683. The molecule has 2 rings (SSSR count). The molecule has 0 saturated carbocycles. The molecule has 1 N–H and O–H groups in total. The number of hydrogen-bond acceptors (Lipinski definition) is 4. The first kappa shape index (κ1) is 14.0. The summed E-state index contributed by atoms with van der Waals surface area (Å²) in [7, 11) is 0. The zero-order valence-electron chi connectivity index (χ0n) is 11.3. The second-order valence-corrected chi connectivity index (χ2v) is 4.58. The second kappa shape index (κ2) is 5.71. The molecule has 0 spiro atoms.